The van der Waals surface area contributed by atoms with Crippen LogP contribution in [0.2, 0.25) is 4.34 Å². The van der Waals surface area contributed by atoms with Gasteiger partial charge in [-0.1, -0.05) is 17.7 Å². The lowest BCUT2D eigenvalue weighted by molar-refractivity contribution is -0.132. The minimum absolute atomic E-state index is 0.149. The molecule has 1 aromatic heterocycles. The van der Waals surface area contributed by atoms with E-state index in [1.54, 1.807) is 6.08 Å². The maximum Gasteiger partial charge on any atom is 0.237 e. The Hall–Kier alpha value is -0.880. The topological polar surface area (TPSA) is 35.6 Å². The number of carbonyl (C=O) groups excluding carboxylic acids is 1. The zero-order valence-corrected chi connectivity index (χ0v) is 13.1. The molecule has 6 heteroatoms. The van der Waals surface area contributed by atoms with E-state index in [0.29, 0.717) is 19.6 Å². The molecule has 1 aliphatic rings. The summed E-state index contributed by atoms with van der Waals surface area (Å²) in [4.78, 5) is 17.5. The lowest BCUT2D eigenvalue weighted by Gasteiger charge is -2.29. The van der Waals surface area contributed by atoms with Gasteiger partial charge in [0, 0.05) is 37.6 Å². The molecule has 0 radical (unpaired) electrons. The minimum Gasteiger partial charge on any atom is -0.333 e. The maximum absolute atomic E-state index is 12.4. The van der Waals surface area contributed by atoms with Crippen molar-refractivity contribution in [3.63, 3.8) is 0 Å². The molecule has 0 saturated carbocycles. The molecule has 0 spiro atoms. The van der Waals surface area contributed by atoms with Crippen LogP contribution in [0, 0.1) is 0 Å². The van der Waals surface area contributed by atoms with Crippen LogP contribution in [0.5, 0.6) is 0 Å². The van der Waals surface area contributed by atoms with Crippen molar-refractivity contribution in [3.8, 4) is 0 Å². The first-order valence-corrected chi connectivity index (χ1v) is 7.94. The Balaban J connectivity index is 1.92. The van der Waals surface area contributed by atoms with Crippen molar-refractivity contribution in [3.05, 3.63) is 34.0 Å². The molecule has 0 atom stereocenters. The van der Waals surface area contributed by atoms with E-state index in [0.717, 1.165) is 35.4 Å². The van der Waals surface area contributed by atoms with E-state index in [2.05, 4.69) is 16.8 Å². The summed E-state index contributed by atoms with van der Waals surface area (Å²) in [7, 11) is 0. The first kappa shape index (κ1) is 15.5. The van der Waals surface area contributed by atoms with Crippen molar-refractivity contribution >= 4 is 28.8 Å². The van der Waals surface area contributed by atoms with Gasteiger partial charge in [-0.2, -0.15) is 0 Å². The van der Waals surface area contributed by atoms with Gasteiger partial charge in [0.15, 0.2) is 0 Å². The first-order chi connectivity index (χ1) is 9.69. The highest BCUT2D eigenvalue weighted by Crippen LogP contribution is 2.22. The zero-order chi connectivity index (χ0) is 14.4. The van der Waals surface area contributed by atoms with Gasteiger partial charge in [0.1, 0.15) is 0 Å². The average molecular weight is 314 g/mol. The van der Waals surface area contributed by atoms with Gasteiger partial charge in [0.05, 0.1) is 17.4 Å². The molecule has 1 aliphatic heterocycles. The first-order valence-electron chi connectivity index (χ1n) is 6.75. The summed E-state index contributed by atoms with van der Waals surface area (Å²) in [6, 6.07) is 3.84. The second-order valence-corrected chi connectivity index (χ2v) is 6.59. The van der Waals surface area contributed by atoms with Crippen molar-refractivity contribution in [2.75, 3.05) is 39.3 Å². The zero-order valence-electron chi connectivity index (χ0n) is 11.5. The number of nitrogens with zero attached hydrogens (tertiary/aromatic N) is 2. The number of piperazine rings is 1. The Morgan fingerprint density at radius 1 is 1.50 bits per heavy atom. The Morgan fingerprint density at radius 2 is 2.25 bits per heavy atom. The third-order valence-corrected chi connectivity index (χ3v) is 4.46. The van der Waals surface area contributed by atoms with Gasteiger partial charge in [0.2, 0.25) is 5.91 Å². The monoisotopic (exact) mass is 313 g/mol. The van der Waals surface area contributed by atoms with E-state index in [1.807, 2.05) is 17.0 Å². The highest BCUT2D eigenvalue weighted by molar-refractivity contribution is 7.16. The van der Waals surface area contributed by atoms with Gasteiger partial charge < -0.3 is 10.2 Å². The number of amides is 1. The molecule has 1 aromatic rings. The molecule has 0 aromatic carbocycles. The number of carbonyl (C=O) groups is 1. The van der Waals surface area contributed by atoms with Crippen LogP contribution in [-0.2, 0) is 11.3 Å². The Morgan fingerprint density at radius 3 is 2.85 bits per heavy atom. The van der Waals surface area contributed by atoms with Crippen molar-refractivity contribution < 1.29 is 4.79 Å². The molecule has 1 fully saturated rings. The summed E-state index contributed by atoms with van der Waals surface area (Å²) in [5.41, 5.74) is 0. The van der Waals surface area contributed by atoms with Crippen molar-refractivity contribution in [1.29, 1.82) is 0 Å². The van der Waals surface area contributed by atoms with Gasteiger partial charge in [0.25, 0.3) is 0 Å². The molecule has 1 amide bonds. The normalized spacial score (nSPS) is 16.1. The van der Waals surface area contributed by atoms with Gasteiger partial charge in [-0.15, -0.1) is 17.9 Å². The number of halogens is 1. The fraction of sp³-hybridized carbons (Fsp3) is 0.500. The van der Waals surface area contributed by atoms with Gasteiger partial charge in [-0.05, 0) is 12.1 Å². The van der Waals surface area contributed by atoms with E-state index in [4.69, 9.17) is 11.6 Å². The Labute approximate surface area is 129 Å². The molecule has 0 aliphatic carbocycles. The van der Waals surface area contributed by atoms with Crippen LogP contribution < -0.4 is 5.32 Å². The van der Waals surface area contributed by atoms with E-state index in [-0.39, 0.29) is 5.91 Å². The van der Waals surface area contributed by atoms with E-state index >= 15 is 0 Å². The number of nitrogens with one attached hydrogen (secondary N) is 1. The van der Waals surface area contributed by atoms with Crippen LogP contribution in [-0.4, -0.2) is 55.0 Å². The maximum atomic E-state index is 12.4. The number of hydrogen-bond donors (Lipinski definition) is 1. The molecule has 1 saturated heterocycles. The quantitative estimate of drug-likeness (QED) is 0.814. The van der Waals surface area contributed by atoms with Gasteiger partial charge in [-0.3, -0.25) is 9.69 Å². The number of rotatable bonds is 6. The molecule has 0 bridgehead atoms. The highest BCUT2D eigenvalue weighted by Gasteiger charge is 2.18. The summed E-state index contributed by atoms with van der Waals surface area (Å²) in [5.74, 6) is 0.149. The Bertz CT molecular complexity index is 457. The molecule has 1 N–H and O–H groups in total. The van der Waals surface area contributed by atoms with E-state index < -0.39 is 0 Å². The predicted molar refractivity (Wildman–Crippen MR) is 84.3 cm³/mol. The lowest BCUT2D eigenvalue weighted by atomic mass is 10.3. The summed E-state index contributed by atoms with van der Waals surface area (Å²) in [5, 5.41) is 3.29. The average Bonchev–Trinajstić information content (AvgIpc) is 2.85. The molecule has 2 heterocycles. The fourth-order valence-corrected chi connectivity index (χ4v) is 3.30. The third-order valence-electron chi connectivity index (χ3n) is 3.25. The van der Waals surface area contributed by atoms with Crippen LogP contribution in [0.25, 0.3) is 0 Å². The number of hydrogen-bond acceptors (Lipinski definition) is 4. The molecule has 0 unspecified atom stereocenters. The van der Waals surface area contributed by atoms with Gasteiger partial charge in [-0.25, -0.2) is 0 Å². The lowest BCUT2D eigenvalue weighted by Crippen LogP contribution is -2.48. The highest BCUT2D eigenvalue weighted by atomic mass is 35.5. The standard InChI is InChI=1S/C14H20ClN3OS/c1-2-7-18(10-12-3-4-13(15)20-12)14(19)11-17-8-5-16-6-9-17/h2-4,16H,1,5-11H2. The molecular weight excluding hydrogens is 294 g/mol. The molecule has 110 valence electrons. The second-order valence-electron chi connectivity index (χ2n) is 4.79. The summed E-state index contributed by atoms with van der Waals surface area (Å²) in [6.45, 7) is 9.16. The fourth-order valence-electron chi connectivity index (χ4n) is 2.20. The predicted octanol–water partition coefficient (Wildman–Crippen LogP) is 1.82. The SMILES string of the molecule is C=CCN(Cc1ccc(Cl)s1)C(=O)CN1CCNCC1. The van der Waals surface area contributed by atoms with E-state index in [9.17, 15) is 4.79 Å². The van der Waals surface area contributed by atoms with Crippen molar-refractivity contribution in [2.24, 2.45) is 0 Å². The number of thiophene rings is 1. The van der Waals surface area contributed by atoms with E-state index in [1.165, 1.54) is 11.3 Å². The molecule has 4 nitrogen and oxygen atoms in total. The summed E-state index contributed by atoms with van der Waals surface area (Å²) in [6.07, 6.45) is 1.77. The van der Waals surface area contributed by atoms with Crippen LogP contribution in [0.1, 0.15) is 4.88 Å². The largest absolute Gasteiger partial charge is 0.333 e. The van der Waals surface area contributed by atoms with Crippen LogP contribution in [0.15, 0.2) is 24.8 Å². The Kier molecular flexibility index (Phi) is 6.04. The summed E-state index contributed by atoms with van der Waals surface area (Å²) >= 11 is 7.45. The smallest absolute Gasteiger partial charge is 0.237 e. The second kappa shape index (κ2) is 7.78. The molecular formula is C14H20ClN3OS. The van der Waals surface area contributed by atoms with Crippen LogP contribution in [0.4, 0.5) is 0 Å². The molecule has 20 heavy (non-hydrogen) atoms. The molecule has 2 rings (SSSR count). The third kappa shape index (κ3) is 4.59. The van der Waals surface area contributed by atoms with Crippen LogP contribution >= 0.6 is 22.9 Å². The van der Waals surface area contributed by atoms with Gasteiger partial charge >= 0.3 is 0 Å². The summed E-state index contributed by atoms with van der Waals surface area (Å²) < 4.78 is 0.758. The van der Waals surface area contributed by atoms with Crippen LogP contribution in [0.3, 0.4) is 0 Å². The van der Waals surface area contributed by atoms with Crippen molar-refractivity contribution in [1.82, 2.24) is 15.1 Å². The van der Waals surface area contributed by atoms with Crippen molar-refractivity contribution in [2.45, 2.75) is 6.54 Å². The minimum atomic E-state index is 0.149.